The first-order valence-electron chi connectivity index (χ1n) is 5.68. The van der Waals surface area contributed by atoms with Gasteiger partial charge in [0.2, 0.25) is 5.91 Å². The van der Waals surface area contributed by atoms with Gasteiger partial charge in [0.15, 0.2) is 0 Å². The largest absolute Gasteiger partial charge is 0.356 e. The van der Waals surface area contributed by atoms with Crippen molar-refractivity contribution in [2.75, 3.05) is 6.54 Å². The standard InChI is InChI=1S/C13H17NO/c15-13(12-7-4-8-12)14-10-9-11-5-2-1-3-6-11/h1-3,5-6,12H,4,7-10H2,(H,14,15). The minimum atomic E-state index is 0.247. The molecular weight excluding hydrogens is 186 g/mol. The van der Waals surface area contributed by atoms with E-state index >= 15 is 0 Å². The van der Waals surface area contributed by atoms with Gasteiger partial charge in [-0.25, -0.2) is 0 Å². The highest BCUT2D eigenvalue weighted by atomic mass is 16.1. The van der Waals surface area contributed by atoms with Gasteiger partial charge in [0.05, 0.1) is 0 Å². The summed E-state index contributed by atoms with van der Waals surface area (Å²) in [5.74, 6) is 0.554. The number of carbonyl (C=O) groups is 1. The number of carbonyl (C=O) groups excluding carboxylic acids is 1. The van der Waals surface area contributed by atoms with E-state index in [9.17, 15) is 4.79 Å². The minimum Gasteiger partial charge on any atom is -0.356 e. The van der Waals surface area contributed by atoms with E-state index < -0.39 is 0 Å². The first-order valence-corrected chi connectivity index (χ1v) is 5.68. The quantitative estimate of drug-likeness (QED) is 0.798. The van der Waals surface area contributed by atoms with Crippen LogP contribution in [0.5, 0.6) is 0 Å². The van der Waals surface area contributed by atoms with Crippen LogP contribution < -0.4 is 5.32 Å². The van der Waals surface area contributed by atoms with E-state index in [0.29, 0.717) is 5.92 Å². The average Bonchev–Trinajstić information content (AvgIpc) is 2.16. The summed E-state index contributed by atoms with van der Waals surface area (Å²) in [6.07, 6.45) is 4.31. The number of benzene rings is 1. The van der Waals surface area contributed by atoms with Crippen LogP contribution in [0.4, 0.5) is 0 Å². The van der Waals surface area contributed by atoms with Crippen LogP contribution in [0.1, 0.15) is 24.8 Å². The van der Waals surface area contributed by atoms with E-state index in [-0.39, 0.29) is 5.91 Å². The molecule has 0 aliphatic heterocycles. The van der Waals surface area contributed by atoms with Crippen molar-refractivity contribution in [3.63, 3.8) is 0 Å². The molecule has 1 aliphatic carbocycles. The van der Waals surface area contributed by atoms with Gasteiger partial charge in [-0.3, -0.25) is 4.79 Å². The molecule has 0 unspecified atom stereocenters. The monoisotopic (exact) mass is 203 g/mol. The normalized spacial score (nSPS) is 15.7. The molecule has 0 heterocycles. The lowest BCUT2D eigenvalue weighted by Crippen LogP contribution is -2.35. The third-order valence-electron chi connectivity index (χ3n) is 3.03. The molecule has 0 aromatic heterocycles. The highest BCUT2D eigenvalue weighted by Crippen LogP contribution is 2.25. The zero-order chi connectivity index (χ0) is 10.5. The Morgan fingerprint density at radius 2 is 2.00 bits per heavy atom. The molecule has 2 heteroatoms. The average molecular weight is 203 g/mol. The maximum atomic E-state index is 11.5. The van der Waals surface area contributed by atoms with Crippen molar-refractivity contribution >= 4 is 5.91 Å². The van der Waals surface area contributed by atoms with Gasteiger partial charge in [0.25, 0.3) is 0 Å². The number of amides is 1. The zero-order valence-electron chi connectivity index (χ0n) is 8.91. The van der Waals surface area contributed by atoms with Crippen molar-refractivity contribution in [1.82, 2.24) is 5.32 Å². The van der Waals surface area contributed by atoms with Crippen LogP contribution in [0.2, 0.25) is 0 Å². The lowest BCUT2D eigenvalue weighted by Gasteiger charge is -2.23. The molecule has 0 spiro atoms. The summed E-state index contributed by atoms with van der Waals surface area (Å²) in [6, 6.07) is 10.3. The maximum Gasteiger partial charge on any atom is 0.223 e. The lowest BCUT2D eigenvalue weighted by molar-refractivity contribution is -0.127. The third kappa shape index (κ3) is 2.82. The first-order chi connectivity index (χ1) is 7.36. The number of hydrogen-bond donors (Lipinski definition) is 1. The van der Waals surface area contributed by atoms with Crippen LogP contribution in [-0.2, 0) is 11.2 Å². The predicted octanol–water partition coefficient (Wildman–Crippen LogP) is 2.15. The van der Waals surface area contributed by atoms with Crippen LogP contribution in [0, 0.1) is 5.92 Å². The van der Waals surface area contributed by atoms with E-state index in [1.165, 1.54) is 12.0 Å². The van der Waals surface area contributed by atoms with Crippen LogP contribution in [0.25, 0.3) is 0 Å². The molecule has 1 aliphatic rings. The van der Waals surface area contributed by atoms with Gasteiger partial charge in [0, 0.05) is 12.5 Å². The molecule has 80 valence electrons. The van der Waals surface area contributed by atoms with Crippen LogP contribution in [0.15, 0.2) is 30.3 Å². The Bertz CT molecular complexity index is 317. The van der Waals surface area contributed by atoms with Gasteiger partial charge in [-0.15, -0.1) is 0 Å². The molecule has 0 saturated heterocycles. The summed E-state index contributed by atoms with van der Waals surface area (Å²) in [4.78, 5) is 11.5. The molecule has 1 N–H and O–H groups in total. The zero-order valence-corrected chi connectivity index (χ0v) is 8.91. The smallest absolute Gasteiger partial charge is 0.223 e. The van der Waals surface area contributed by atoms with Gasteiger partial charge < -0.3 is 5.32 Å². The number of hydrogen-bond acceptors (Lipinski definition) is 1. The topological polar surface area (TPSA) is 29.1 Å². The van der Waals surface area contributed by atoms with E-state index in [0.717, 1.165) is 25.8 Å². The van der Waals surface area contributed by atoms with Crippen LogP contribution in [0.3, 0.4) is 0 Å². The summed E-state index contributed by atoms with van der Waals surface area (Å²) in [7, 11) is 0. The van der Waals surface area contributed by atoms with Crippen molar-refractivity contribution in [2.45, 2.75) is 25.7 Å². The van der Waals surface area contributed by atoms with Crippen LogP contribution in [-0.4, -0.2) is 12.5 Å². The molecule has 1 saturated carbocycles. The summed E-state index contributed by atoms with van der Waals surface area (Å²) in [6.45, 7) is 0.763. The highest BCUT2D eigenvalue weighted by molar-refractivity contribution is 5.79. The Balaban J connectivity index is 1.68. The molecular formula is C13H17NO. The van der Waals surface area contributed by atoms with Crippen molar-refractivity contribution in [2.24, 2.45) is 5.92 Å². The molecule has 0 radical (unpaired) electrons. The Morgan fingerprint density at radius 3 is 2.60 bits per heavy atom. The van der Waals surface area contributed by atoms with E-state index in [4.69, 9.17) is 0 Å². The van der Waals surface area contributed by atoms with E-state index in [2.05, 4.69) is 17.4 Å². The molecule has 1 amide bonds. The molecule has 0 atom stereocenters. The summed E-state index contributed by atoms with van der Waals surface area (Å²) >= 11 is 0. The maximum absolute atomic E-state index is 11.5. The van der Waals surface area contributed by atoms with Gasteiger partial charge in [-0.05, 0) is 24.8 Å². The molecule has 15 heavy (non-hydrogen) atoms. The fraction of sp³-hybridized carbons (Fsp3) is 0.462. The summed E-state index contributed by atoms with van der Waals surface area (Å²) in [5, 5.41) is 2.99. The molecule has 1 aromatic carbocycles. The lowest BCUT2D eigenvalue weighted by atomic mass is 9.85. The highest BCUT2D eigenvalue weighted by Gasteiger charge is 2.24. The van der Waals surface area contributed by atoms with Crippen molar-refractivity contribution in [3.8, 4) is 0 Å². The van der Waals surface area contributed by atoms with Gasteiger partial charge in [0.1, 0.15) is 0 Å². The fourth-order valence-corrected chi connectivity index (χ4v) is 1.79. The van der Waals surface area contributed by atoms with Crippen molar-refractivity contribution in [1.29, 1.82) is 0 Å². The Morgan fingerprint density at radius 1 is 1.27 bits per heavy atom. The molecule has 2 rings (SSSR count). The molecule has 1 aromatic rings. The van der Waals surface area contributed by atoms with E-state index in [1.54, 1.807) is 0 Å². The second kappa shape index (κ2) is 4.96. The van der Waals surface area contributed by atoms with Crippen LogP contribution >= 0.6 is 0 Å². The van der Waals surface area contributed by atoms with Gasteiger partial charge in [-0.2, -0.15) is 0 Å². The van der Waals surface area contributed by atoms with E-state index in [1.807, 2.05) is 18.2 Å². The summed E-state index contributed by atoms with van der Waals surface area (Å²) in [5.41, 5.74) is 1.28. The Hall–Kier alpha value is -1.31. The van der Waals surface area contributed by atoms with Gasteiger partial charge >= 0.3 is 0 Å². The molecule has 1 fully saturated rings. The second-order valence-corrected chi connectivity index (χ2v) is 4.15. The molecule has 2 nitrogen and oxygen atoms in total. The Kier molecular flexibility index (Phi) is 3.38. The number of rotatable bonds is 4. The minimum absolute atomic E-state index is 0.247. The summed E-state index contributed by atoms with van der Waals surface area (Å²) < 4.78 is 0. The van der Waals surface area contributed by atoms with Gasteiger partial charge in [-0.1, -0.05) is 36.8 Å². The van der Waals surface area contributed by atoms with Crippen molar-refractivity contribution in [3.05, 3.63) is 35.9 Å². The SMILES string of the molecule is O=C(NCCc1ccccc1)C1CCC1. The third-order valence-corrected chi connectivity index (χ3v) is 3.03. The van der Waals surface area contributed by atoms with Crippen molar-refractivity contribution < 1.29 is 4.79 Å². The number of nitrogens with one attached hydrogen (secondary N) is 1. The molecule has 0 bridgehead atoms. The fourth-order valence-electron chi connectivity index (χ4n) is 1.79. The first kappa shape index (κ1) is 10.2. The predicted molar refractivity (Wildman–Crippen MR) is 60.5 cm³/mol. The Labute approximate surface area is 90.7 Å². The second-order valence-electron chi connectivity index (χ2n) is 4.15.